The first-order valence-electron chi connectivity index (χ1n) is 7.29. The number of aromatic hydroxyl groups is 1. The zero-order valence-corrected chi connectivity index (χ0v) is 13.7. The van der Waals surface area contributed by atoms with Gasteiger partial charge in [0, 0.05) is 5.56 Å². The molecule has 1 aliphatic heterocycles. The van der Waals surface area contributed by atoms with Crippen LogP contribution in [0.2, 0.25) is 0 Å². The van der Waals surface area contributed by atoms with Crippen molar-refractivity contribution < 1.29 is 14.6 Å². The molecule has 0 aromatic heterocycles. The van der Waals surface area contributed by atoms with E-state index in [1.165, 1.54) is 0 Å². The van der Waals surface area contributed by atoms with Crippen molar-refractivity contribution in [1.82, 2.24) is 0 Å². The highest BCUT2D eigenvalue weighted by atomic mass is 16.5. The number of carbonyl (C=O) groups excluding carboxylic acids is 1. The molecule has 0 unspecified atom stereocenters. The molecule has 1 aromatic carbocycles. The van der Waals surface area contributed by atoms with Gasteiger partial charge in [-0.15, -0.1) is 0 Å². The van der Waals surface area contributed by atoms with Gasteiger partial charge in [0.2, 0.25) is 0 Å². The third kappa shape index (κ3) is 2.54. The molecule has 0 amide bonds. The topological polar surface area (TPSA) is 46.5 Å². The Morgan fingerprint density at radius 1 is 1.15 bits per heavy atom. The minimum absolute atomic E-state index is 0.0518. The molecule has 0 saturated heterocycles. The average molecular weight is 278 g/mol. The fourth-order valence-corrected chi connectivity index (χ4v) is 2.50. The van der Waals surface area contributed by atoms with Crippen LogP contribution >= 0.6 is 0 Å². The van der Waals surface area contributed by atoms with Crippen LogP contribution in [0, 0.1) is 20.8 Å². The average Bonchev–Trinajstić information content (AvgIpc) is 2.44. The third-order valence-electron chi connectivity index (χ3n) is 4.26. The van der Waals surface area contributed by atoms with Crippen LogP contribution in [-0.4, -0.2) is 16.5 Å². The number of ketones is 1. The smallest absolute Gasteiger partial charge is 0.172 e. The van der Waals surface area contributed by atoms with Crippen molar-refractivity contribution >= 4 is 5.78 Å². The molecule has 20 heavy (non-hydrogen) atoms. The van der Waals surface area contributed by atoms with Gasteiger partial charge in [0.15, 0.2) is 11.4 Å². The number of hydrogen-bond donors (Lipinski definition) is 1. The minimum atomic E-state index is -0.729. The maximum atomic E-state index is 11.7. The van der Waals surface area contributed by atoms with Crippen LogP contribution in [0.5, 0.6) is 11.5 Å². The van der Waals surface area contributed by atoms with Gasteiger partial charge in [-0.25, -0.2) is 0 Å². The molecular formula is C17H26O3. The summed E-state index contributed by atoms with van der Waals surface area (Å²) in [6.45, 7) is 13.1. The fourth-order valence-electron chi connectivity index (χ4n) is 2.50. The highest BCUT2D eigenvalue weighted by Crippen LogP contribution is 2.43. The number of phenolic OH excluding ortho intramolecular Hbond substituents is 1. The van der Waals surface area contributed by atoms with E-state index in [1.807, 2.05) is 41.5 Å². The second-order valence-corrected chi connectivity index (χ2v) is 5.42. The summed E-state index contributed by atoms with van der Waals surface area (Å²) >= 11 is 0. The summed E-state index contributed by atoms with van der Waals surface area (Å²) in [6.07, 6.45) is 1.43. The molecule has 0 fully saturated rings. The Labute approximate surface area is 122 Å². The molecule has 0 bridgehead atoms. The third-order valence-corrected chi connectivity index (χ3v) is 4.26. The molecule has 1 aromatic rings. The van der Waals surface area contributed by atoms with Crippen LogP contribution in [0.3, 0.4) is 0 Å². The van der Waals surface area contributed by atoms with Gasteiger partial charge in [-0.1, -0.05) is 13.8 Å². The van der Waals surface area contributed by atoms with Crippen molar-refractivity contribution in [1.29, 1.82) is 0 Å². The van der Waals surface area contributed by atoms with Gasteiger partial charge in [-0.05, 0) is 64.2 Å². The van der Waals surface area contributed by atoms with Crippen LogP contribution in [-0.2, 0) is 11.2 Å². The number of carbonyl (C=O) groups is 1. The van der Waals surface area contributed by atoms with Gasteiger partial charge in [0.05, 0.1) is 0 Å². The fraction of sp³-hybridized carbons (Fsp3) is 0.588. The number of rotatable bonds is 1. The number of hydrogen-bond acceptors (Lipinski definition) is 3. The van der Waals surface area contributed by atoms with E-state index in [1.54, 1.807) is 6.92 Å². The van der Waals surface area contributed by atoms with Crippen LogP contribution < -0.4 is 4.74 Å². The lowest BCUT2D eigenvalue weighted by Crippen LogP contribution is -2.43. The van der Waals surface area contributed by atoms with Gasteiger partial charge >= 0.3 is 0 Å². The normalized spacial score (nSPS) is 20.4. The number of ether oxygens (including phenoxy) is 1. The summed E-state index contributed by atoms with van der Waals surface area (Å²) in [7, 11) is 0. The maximum Gasteiger partial charge on any atom is 0.172 e. The van der Waals surface area contributed by atoms with E-state index in [0.29, 0.717) is 12.2 Å². The predicted molar refractivity (Wildman–Crippen MR) is 81.7 cm³/mol. The Balaban J connectivity index is 0.000000956. The van der Waals surface area contributed by atoms with Gasteiger partial charge in [0.25, 0.3) is 0 Å². The number of benzene rings is 1. The molecule has 2 rings (SSSR count). The summed E-state index contributed by atoms with van der Waals surface area (Å²) in [5.74, 6) is 1.18. The Morgan fingerprint density at radius 3 is 2.20 bits per heavy atom. The van der Waals surface area contributed by atoms with Gasteiger partial charge in [-0.2, -0.15) is 0 Å². The standard InChI is InChI=1S/C15H20O3.C2H6/c1-8-9(2)14-12(10(3)13(8)17)6-7-15(5,18-14)11(4)16;1-2/h17H,6-7H2,1-5H3;1-2H3/t15-;/m0./s1. The molecule has 1 atom stereocenters. The maximum absolute atomic E-state index is 11.7. The zero-order valence-electron chi connectivity index (χ0n) is 13.7. The highest BCUT2D eigenvalue weighted by Gasteiger charge is 2.38. The molecule has 1 heterocycles. The molecule has 112 valence electrons. The van der Waals surface area contributed by atoms with E-state index in [2.05, 4.69) is 0 Å². The monoisotopic (exact) mass is 278 g/mol. The van der Waals surface area contributed by atoms with E-state index < -0.39 is 5.60 Å². The second kappa shape index (κ2) is 5.86. The van der Waals surface area contributed by atoms with E-state index in [9.17, 15) is 9.90 Å². The highest BCUT2D eigenvalue weighted by molar-refractivity contribution is 5.85. The van der Waals surface area contributed by atoms with Crippen molar-refractivity contribution in [2.75, 3.05) is 0 Å². The van der Waals surface area contributed by atoms with Crippen LogP contribution in [0.15, 0.2) is 0 Å². The van der Waals surface area contributed by atoms with Crippen molar-refractivity contribution in [2.24, 2.45) is 0 Å². The molecule has 0 spiro atoms. The molecular weight excluding hydrogens is 252 g/mol. The van der Waals surface area contributed by atoms with Crippen molar-refractivity contribution in [2.45, 2.75) is 66.9 Å². The van der Waals surface area contributed by atoms with Gasteiger partial charge < -0.3 is 9.84 Å². The molecule has 1 aliphatic rings. The SMILES string of the molecule is CC.CC(=O)[C@]1(C)CCc2c(C)c(O)c(C)c(C)c2O1. The summed E-state index contributed by atoms with van der Waals surface area (Å²) < 4.78 is 5.97. The first kappa shape index (κ1) is 16.5. The van der Waals surface area contributed by atoms with E-state index in [4.69, 9.17) is 4.74 Å². The zero-order chi connectivity index (χ0) is 15.7. The van der Waals surface area contributed by atoms with Gasteiger partial charge in [0.1, 0.15) is 11.5 Å². The lowest BCUT2D eigenvalue weighted by Gasteiger charge is -2.36. The first-order chi connectivity index (χ1) is 9.28. The molecule has 3 nitrogen and oxygen atoms in total. The van der Waals surface area contributed by atoms with Crippen molar-refractivity contribution in [3.05, 3.63) is 22.3 Å². The molecule has 0 aliphatic carbocycles. The lowest BCUT2D eigenvalue weighted by molar-refractivity contribution is -0.132. The van der Waals surface area contributed by atoms with Crippen LogP contribution in [0.1, 0.15) is 56.4 Å². The summed E-state index contributed by atoms with van der Waals surface area (Å²) in [5, 5.41) is 10.1. The van der Waals surface area contributed by atoms with E-state index >= 15 is 0 Å². The summed E-state index contributed by atoms with van der Waals surface area (Å²) in [4.78, 5) is 11.7. The van der Waals surface area contributed by atoms with Crippen LogP contribution in [0.25, 0.3) is 0 Å². The Kier molecular flexibility index (Phi) is 4.85. The molecule has 3 heteroatoms. The first-order valence-corrected chi connectivity index (χ1v) is 7.29. The lowest BCUT2D eigenvalue weighted by atomic mass is 9.85. The molecule has 0 saturated carbocycles. The van der Waals surface area contributed by atoms with Gasteiger partial charge in [-0.3, -0.25) is 4.79 Å². The molecule has 1 N–H and O–H groups in total. The second-order valence-electron chi connectivity index (χ2n) is 5.42. The Morgan fingerprint density at radius 2 is 1.70 bits per heavy atom. The number of fused-ring (bicyclic) bond motifs is 1. The minimum Gasteiger partial charge on any atom is -0.507 e. The number of phenols is 1. The van der Waals surface area contributed by atoms with Crippen molar-refractivity contribution in [3.63, 3.8) is 0 Å². The number of Topliss-reactive ketones (excluding diaryl/α,β-unsaturated/α-hetero) is 1. The van der Waals surface area contributed by atoms with E-state index in [-0.39, 0.29) is 5.78 Å². The van der Waals surface area contributed by atoms with E-state index in [0.717, 1.165) is 34.4 Å². The largest absolute Gasteiger partial charge is 0.507 e. The molecule has 0 radical (unpaired) electrons. The summed E-state index contributed by atoms with van der Waals surface area (Å²) in [5.41, 5.74) is 2.94. The van der Waals surface area contributed by atoms with Crippen LogP contribution in [0.4, 0.5) is 0 Å². The summed E-state index contributed by atoms with van der Waals surface area (Å²) in [6, 6.07) is 0. The Hall–Kier alpha value is -1.51. The van der Waals surface area contributed by atoms with Crippen molar-refractivity contribution in [3.8, 4) is 11.5 Å². The quantitative estimate of drug-likeness (QED) is 0.844. The predicted octanol–water partition coefficient (Wildman–Crippen LogP) is 4.02. The Bertz CT molecular complexity index is 532.